The van der Waals surface area contributed by atoms with Gasteiger partial charge in [-0.25, -0.2) is 0 Å². The first-order valence-electron chi connectivity index (χ1n) is 8.51. The van der Waals surface area contributed by atoms with Gasteiger partial charge in [0.25, 0.3) is 0 Å². The summed E-state index contributed by atoms with van der Waals surface area (Å²) in [6.45, 7) is 11.0. The summed E-state index contributed by atoms with van der Waals surface area (Å²) in [6.07, 6.45) is 1.01. The Morgan fingerprint density at radius 3 is 2.54 bits per heavy atom. The van der Waals surface area contributed by atoms with E-state index < -0.39 is 0 Å². The molecule has 0 bridgehead atoms. The summed E-state index contributed by atoms with van der Waals surface area (Å²) in [5.74, 6) is 0.836. The van der Waals surface area contributed by atoms with E-state index in [1.54, 1.807) is 7.05 Å². The first kappa shape index (κ1) is 18.0. The van der Waals surface area contributed by atoms with Crippen molar-refractivity contribution in [2.45, 2.75) is 47.2 Å². The fourth-order valence-corrected chi connectivity index (χ4v) is 2.78. The zero-order chi connectivity index (χ0) is 17.5. The molecule has 2 aromatic rings. The Morgan fingerprint density at radius 2 is 1.92 bits per heavy atom. The largest absolute Gasteiger partial charge is 0.356 e. The lowest BCUT2D eigenvalue weighted by Gasteiger charge is -2.13. The molecule has 24 heavy (non-hydrogen) atoms. The van der Waals surface area contributed by atoms with Crippen molar-refractivity contribution in [3.8, 4) is 0 Å². The summed E-state index contributed by atoms with van der Waals surface area (Å²) in [7, 11) is 1.80. The maximum absolute atomic E-state index is 4.48. The molecule has 2 rings (SSSR count). The first-order chi connectivity index (χ1) is 11.5. The van der Waals surface area contributed by atoms with Crippen molar-refractivity contribution >= 4 is 5.96 Å². The Morgan fingerprint density at radius 1 is 1.12 bits per heavy atom. The zero-order valence-electron chi connectivity index (χ0n) is 15.5. The number of aromatic nitrogens is 2. The third-order valence-corrected chi connectivity index (χ3v) is 4.11. The fraction of sp³-hybridized carbons (Fsp3) is 0.474. The highest BCUT2D eigenvalue weighted by molar-refractivity contribution is 5.79. The van der Waals surface area contributed by atoms with Crippen molar-refractivity contribution < 1.29 is 0 Å². The molecule has 0 spiro atoms. The standard InChI is InChI=1S/C19H29N5/c1-14-7-8-18(15(2)11-14)13-22-19(20-5)21-9-6-10-24-17(4)12-16(3)23-24/h7-8,11-12H,6,9-10,13H2,1-5H3,(H2,20,21,22). The number of nitrogens with zero attached hydrogens (tertiary/aromatic N) is 3. The molecule has 1 aromatic heterocycles. The highest BCUT2D eigenvalue weighted by atomic mass is 15.3. The molecule has 0 aliphatic carbocycles. The van der Waals surface area contributed by atoms with Crippen molar-refractivity contribution in [1.29, 1.82) is 0 Å². The SMILES string of the molecule is CN=C(NCCCn1nc(C)cc1C)NCc1ccc(C)cc1C. The fourth-order valence-electron chi connectivity index (χ4n) is 2.78. The molecular weight excluding hydrogens is 298 g/mol. The van der Waals surface area contributed by atoms with Crippen LogP contribution in [0.15, 0.2) is 29.3 Å². The number of hydrogen-bond donors (Lipinski definition) is 2. The Balaban J connectivity index is 1.75. The van der Waals surface area contributed by atoms with E-state index in [4.69, 9.17) is 0 Å². The van der Waals surface area contributed by atoms with E-state index in [2.05, 4.69) is 70.4 Å². The van der Waals surface area contributed by atoms with Crippen molar-refractivity contribution in [1.82, 2.24) is 20.4 Å². The molecule has 1 aromatic carbocycles. The van der Waals surface area contributed by atoms with Crippen LogP contribution in [0.2, 0.25) is 0 Å². The van der Waals surface area contributed by atoms with Gasteiger partial charge in [-0.1, -0.05) is 23.8 Å². The molecule has 0 amide bonds. The quantitative estimate of drug-likeness (QED) is 0.487. The van der Waals surface area contributed by atoms with Gasteiger partial charge in [0.2, 0.25) is 0 Å². The Hall–Kier alpha value is -2.30. The average molecular weight is 327 g/mol. The lowest BCUT2D eigenvalue weighted by atomic mass is 10.1. The van der Waals surface area contributed by atoms with Gasteiger partial charge >= 0.3 is 0 Å². The predicted molar refractivity (Wildman–Crippen MR) is 100 cm³/mol. The highest BCUT2D eigenvalue weighted by Gasteiger charge is 2.03. The van der Waals surface area contributed by atoms with E-state index in [-0.39, 0.29) is 0 Å². The van der Waals surface area contributed by atoms with Crippen LogP contribution < -0.4 is 10.6 Å². The van der Waals surface area contributed by atoms with Crippen LogP contribution in [0.3, 0.4) is 0 Å². The maximum atomic E-state index is 4.48. The third-order valence-electron chi connectivity index (χ3n) is 4.11. The second-order valence-electron chi connectivity index (χ2n) is 6.29. The normalized spacial score (nSPS) is 11.6. The molecule has 130 valence electrons. The number of guanidine groups is 1. The van der Waals surface area contributed by atoms with Crippen LogP contribution >= 0.6 is 0 Å². The molecule has 2 N–H and O–H groups in total. The van der Waals surface area contributed by atoms with Crippen LogP contribution in [0.25, 0.3) is 0 Å². The van der Waals surface area contributed by atoms with Crippen LogP contribution in [0.4, 0.5) is 0 Å². The second kappa shape index (κ2) is 8.52. The zero-order valence-corrected chi connectivity index (χ0v) is 15.5. The molecule has 0 unspecified atom stereocenters. The minimum absolute atomic E-state index is 0.781. The summed E-state index contributed by atoms with van der Waals surface area (Å²) in [4.78, 5) is 4.29. The van der Waals surface area contributed by atoms with Gasteiger partial charge in [-0.15, -0.1) is 0 Å². The van der Waals surface area contributed by atoms with Crippen LogP contribution in [0.5, 0.6) is 0 Å². The topological polar surface area (TPSA) is 54.2 Å². The highest BCUT2D eigenvalue weighted by Crippen LogP contribution is 2.10. The van der Waals surface area contributed by atoms with Gasteiger partial charge in [0.1, 0.15) is 0 Å². The number of aryl methyl sites for hydroxylation is 5. The van der Waals surface area contributed by atoms with Gasteiger partial charge in [0.05, 0.1) is 5.69 Å². The molecule has 0 fully saturated rings. The number of benzene rings is 1. The lowest BCUT2D eigenvalue weighted by Crippen LogP contribution is -2.37. The molecule has 5 heteroatoms. The Bertz CT molecular complexity index is 700. The molecule has 0 radical (unpaired) electrons. The van der Waals surface area contributed by atoms with Gasteiger partial charge in [-0.2, -0.15) is 5.10 Å². The predicted octanol–water partition coefficient (Wildman–Crippen LogP) is 2.87. The summed E-state index contributed by atoms with van der Waals surface area (Å²) < 4.78 is 2.06. The third kappa shape index (κ3) is 5.11. The van der Waals surface area contributed by atoms with Crippen LogP contribution in [-0.4, -0.2) is 29.3 Å². The van der Waals surface area contributed by atoms with Crippen molar-refractivity contribution in [2.24, 2.45) is 4.99 Å². The summed E-state index contributed by atoms with van der Waals surface area (Å²) in [5.41, 5.74) is 6.19. The molecule has 0 aliphatic heterocycles. The first-order valence-corrected chi connectivity index (χ1v) is 8.51. The van der Waals surface area contributed by atoms with E-state index >= 15 is 0 Å². The van der Waals surface area contributed by atoms with Crippen molar-refractivity contribution in [2.75, 3.05) is 13.6 Å². The minimum atomic E-state index is 0.781. The smallest absolute Gasteiger partial charge is 0.191 e. The van der Waals surface area contributed by atoms with Crippen molar-refractivity contribution in [3.05, 3.63) is 52.3 Å². The second-order valence-corrected chi connectivity index (χ2v) is 6.29. The minimum Gasteiger partial charge on any atom is -0.356 e. The molecular formula is C19H29N5. The van der Waals surface area contributed by atoms with Crippen molar-refractivity contribution in [3.63, 3.8) is 0 Å². The Labute approximate surface area is 145 Å². The molecule has 0 atom stereocenters. The van der Waals surface area contributed by atoms with E-state index in [1.807, 2.05) is 6.92 Å². The maximum Gasteiger partial charge on any atom is 0.191 e. The average Bonchev–Trinajstić information content (AvgIpc) is 2.86. The number of aliphatic imine (C=N–C) groups is 1. The van der Waals surface area contributed by atoms with Crippen LogP contribution in [0, 0.1) is 27.7 Å². The van der Waals surface area contributed by atoms with Gasteiger partial charge in [-0.05, 0) is 51.3 Å². The van der Waals surface area contributed by atoms with E-state index in [1.165, 1.54) is 22.4 Å². The van der Waals surface area contributed by atoms with E-state index in [9.17, 15) is 0 Å². The van der Waals surface area contributed by atoms with Gasteiger partial charge in [-0.3, -0.25) is 9.67 Å². The molecule has 5 nitrogen and oxygen atoms in total. The molecule has 1 heterocycles. The lowest BCUT2D eigenvalue weighted by molar-refractivity contribution is 0.555. The van der Waals surface area contributed by atoms with Gasteiger partial charge in [0, 0.05) is 32.4 Å². The summed E-state index contributed by atoms with van der Waals surface area (Å²) in [6, 6.07) is 8.64. The number of nitrogens with one attached hydrogen (secondary N) is 2. The molecule has 0 aliphatic rings. The Kier molecular flexibility index (Phi) is 6.41. The summed E-state index contributed by atoms with van der Waals surface area (Å²) >= 11 is 0. The van der Waals surface area contributed by atoms with E-state index in [0.29, 0.717) is 0 Å². The number of hydrogen-bond acceptors (Lipinski definition) is 2. The van der Waals surface area contributed by atoms with Crippen LogP contribution in [-0.2, 0) is 13.1 Å². The monoisotopic (exact) mass is 327 g/mol. The molecule has 0 saturated carbocycles. The van der Waals surface area contributed by atoms with Gasteiger partial charge in [0.15, 0.2) is 5.96 Å². The number of rotatable bonds is 6. The summed E-state index contributed by atoms with van der Waals surface area (Å²) in [5, 5.41) is 11.2. The van der Waals surface area contributed by atoms with E-state index in [0.717, 1.165) is 37.7 Å². The molecule has 0 saturated heterocycles. The van der Waals surface area contributed by atoms with Crippen LogP contribution in [0.1, 0.15) is 34.5 Å². The van der Waals surface area contributed by atoms with Gasteiger partial charge < -0.3 is 10.6 Å².